The van der Waals surface area contributed by atoms with Gasteiger partial charge in [0.25, 0.3) is 15.6 Å². The fourth-order valence-electron chi connectivity index (χ4n) is 3.90. The van der Waals surface area contributed by atoms with Crippen molar-refractivity contribution >= 4 is 32.4 Å². The Kier molecular flexibility index (Phi) is 7.65. The molecule has 0 aliphatic rings. The van der Waals surface area contributed by atoms with Gasteiger partial charge in [-0.2, -0.15) is 13.2 Å². The van der Waals surface area contributed by atoms with Crippen molar-refractivity contribution in [3.05, 3.63) is 76.7 Å². The van der Waals surface area contributed by atoms with Crippen LogP contribution in [0.15, 0.2) is 64.7 Å². The van der Waals surface area contributed by atoms with Crippen LogP contribution in [0.4, 0.5) is 23.2 Å². The number of hydrogen-bond acceptors (Lipinski definition) is 7. The standard InChI is InChI=1S/C26H22F4N4O5S/c1-14(15(2)35)12-34-13-32-21-6-4-16(8-19(21)25(34)36)17-9-22(24(39-3)31-11-17)33-40(37,38)23-7-5-18(27)10-20(23)26(28,29)30/h4-11,13-14,33H,12H2,1-3H3/t14-/m1/s1. The summed E-state index contributed by atoms with van der Waals surface area (Å²) in [5.41, 5.74) is -1.30. The molecule has 0 spiro atoms. The zero-order valence-corrected chi connectivity index (χ0v) is 22.1. The Bertz CT molecular complexity index is 1790. The summed E-state index contributed by atoms with van der Waals surface area (Å²) in [7, 11) is -3.70. The molecule has 40 heavy (non-hydrogen) atoms. The van der Waals surface area contributed by atoms with E-state index in [9.17, 15) is 35.6 Å². The summed E-state index contributed by atoms with van der Waals surface area (Å²) in [6.07, 6.45) is -2.48. The first-order chi connectivity index (χ1) is 18.7. The number of anilines is 1. The summed E-state index contributed by atoms with van der Waals surface area (Å²) in [5, 5.41) is 0.217. The van der Waals surface area contributed by atoms with E-state index in [4.69, 9.17) is 4.74 Å². The van der Waals surface area contributed by atoms with Crippen LogP contribution < -0.4 is 15.0 Å². The van der Waals surface area contributed by atoms with Gasteiger partial charge in [0.05, 0.1) is 34.8 Å². The van der Waals surface area contributed by atoms with Gasteiger partial charge in [-0.1, -0.05) is 13.0 Å². The SMILES string of the molecule is COc1ncc(-c2ccc3ncn(C[C@@H](C)C(C)=O)c(=O)c3c2)cc1NS(=O)(=O)c1ccc(F)cc1C(F)(F)F. The summed E-state index contributed by atoms with van der Waals surface area (Å²) in [5.74, 6) is -2.01. The molecule has 1 atom stereocenters. The summed E-state index contributed by atoms with van der Waals surface area (Å²) >= 11 is 0. The fourth-order valence-corrected chi connectivity index (χ4v) is 5.15. The van der Waals surface area contributed by atoms with Crippen molar-refractivity contribution in [2.45, 2.75) is 31.5 Å². The van der Waals surface area contributed by atoms with E-state index in [1.165, 1.54) is 43.3 Å². The highest BCUT2D eigenvalue weighted by Gasteiger charge is 2.38. The van der Waals surface area contributed by atoms with Gasteiger partial charge in [0.15, 0.2) is 0 Å². The quantitative estimate of drug-likeness (QED) is 0.302. The number of fused-ring (bicyclic) bond motifs is 1. The first kappa shape index (κ1) is 28.7. The summed E-state index contributed by atoms with van der Waals surface area (Å²) < 4.78 is 88.4. The lowest BCUT2D eigenvalue weighted by atomic mass is 10.0. The molecule has 14 heteroatoms. The number of carbonyl (C=O) groups excluding carboxylic acids is 1. The Balaban J connectivity index is 1.77. The van der Waals surface area contributed by atoms with Gasteiger partial charge in [-0.05, 0) is 48.9 Å². The third-order valence-electron chi connectivity index (χ3n) is 6.15. The number of pyridine rings is 1. The van der Waals surface area contributed by atoms with Crippen molar-refractivity contribution in [1.29, 1.82) is 0 Å². The van der Waals surface area contributed by atoms with E-state index in [2.05, 4.69) is 9.97 Å². The molecule has 2 aromatic carbocycles. The molecule has 2 heterocycles. The van der Waals surface area contributed by atoms with Crippen molar-refractivity contribution in [2.75, 3.05) is 11.8 Å². The van der Waals surface area contributed by atoms with E-state index >= 15 is 0 Å². The van der Waals surface area contributed by atoms with Gasteiger partial charge >= 0.3 is 6.18 Å². The zero-order chi connectivity index (χ0) is 29.4. The van der Waals surface area contributed by atoms with Crippen LogP contribution >= 0.6 is 0 Å². The Morgan fingerprint density at radius 3 is 2.48 bits per heavy atom. The Morgan fingerprint density at radius 2 is 1.82 bits per heavy atom. The molecule has 0 amide bonds. The van der Waals surface area contributed by atoms with Gasteiger partial charge in [0.2, 0.25) is 5.88 Å². The number of sulfonamides is 1. The lowest BCUT2D eigenvalue weighted by Crippen LogP contribution is -2.26. The number of benzene rings is 2. The molecule has 9 nitrogen and oxygen atoms in total. The van der Waals surface area contributed by atoms with E-state index in [1.807, 2.05) is 4.72 Å². The molecule has 1 N–H and O–H groups in total. The molecule has 0 bridgehead atoms. The fraction of sp³-hybridized carbons (Fsp3) is 0.231. The van der Waals surface area contributed by atoms with E-state index in [1.54, 1.807) is 19.1 Å². The van der Waals surface area contributed by atoms with Crippen molar-refractivity contribution in [2.24, 2.45) is 5.92 Å². The Hall–Kier alpha value is -4.33. The van der Waals surface area contributed by atoms with Gasteiger partial charge in [0.1, 0.15) is 17.3 Å². The van der Waals surface area contributed by atoms with Crippen molar-refractivity contribution in [1.82, 2.24) is 14.5 Å². The number of halogens is 4. The predicted molar refractivity (Wildman–Crippen MR) is 138 cm³/mol. The van der Waals surface area contributed by atoms with E-state index in [0.717, 1.165) is 0 Å². The topological polar surface area (TPSA) is 120 Å². The van der Waals surface area contributed by atoms with Crippen molar-refractivity contribution < 1.29 is 35.5 Å². The largest absolute Gasteiger partial charge is 0.480 e. The molecule has 0 radical (unpaired) electrons. The smallest absolute Gasteiger partial charge is 0.417 e. The second-order valence-corrected chi connectivity index (χ2v) is 10.6. The highest BCUT2D eigenvalue weighted by atomic mass is 32.2. The molecule has 0 saturated carbocycles. The first-order valence-electron chi connectivity index (χ1n) is 11.6. The van der Waals surface area contributed by atoms with Gasteiger partial charge in [0, 0.05) is 24.2 Å². The first-order valence-corrected chi connectivity index (χ1v) is 13.1. The number of aromatic nitrogens is 3. The van der Waals surface area contributed by atoms with Crippen LogP contribution in [0.2, 0.25) is 0 Å². The van der Waals surface area contributed by atoms with Crippen LogP contribution in [0.1, 0.15) is 19.4 Å². The van der Waals surface area contributed by atoms with Crippen molar-refractivity contribution in [3.63, 3.8) is 0 Å². The third kappa shape index (κ3) is 5.81. The Labute approximate surface area is 225 Å². The minimum Gasteiger partial charge on any atom is -0.480 e. The number of hydrogen-bond donors (Lipinski definition) is 1. The molecule has 0 saturated heterocycles. The number of nitrogens with one attached hydrogen (secondary N) is 1. The molecule has 0 unspecified atom stereocenters. The lowest BCUT2D eigenvalue weighted by molar-refractivity contribution is -0.140. The molecule has 4 rings (SSSR count). The van der Waals surface area contributed by atoms with Gasteiger partial charge < -0.3 is 4.74 Å². The van der Waals surface area contributed by atoms with Crippen LogP contribution in [0.3, 0.4) is 0 Å². The molecular formula is C26H22F4N4O5S. The summed E-state index contributed by atoms with van der Waals surface area (Å²) in [6.45, 7) is 3.23. The monoisotopic (exact) mass is 578 g/mol. The maximum Gasteiger partial charge on any atom is 0.417 e. The second kappa shape index (κ2) is 10.7. The van der Waals surface area contributed by atoms with E-state index in [0.29, 0.717) is 28.8 Å². The lowest BCUT2D eigenvalue weighted by Gasteiger charge is -2.16. The Morgan fingerprint density at radius 1 is 1.10 bits per heavy atom. The number of nitrogens with zero attached hydrogens (tertiary/aromatic N) is 3. The number of carbonyl (C=O) groups is 1. The van der Waals surface area contributed by atoms with Gasteiger partial charge in [-0.15, -0.1) is 0 Å². The van der Waals surface area contributed by atoms with Gasteiger partial charge in [-0.25, -0.2) is 22.8 Å². The molecule has 0 fully saturated rings. The van der Waals surface area contributed by atoms with Gasteiger partial charge in [-0.3, -0.25) is 18.9 Å². The number of ketones is 1. The van der Waals surface area contributed by atoms with Crippen molar-refractivity contribution in [3.8, 4) is 17.0 Å². The normalized spacial score (nSPS) is 12.8. The predicted octanol–water partition coefficient (Wildman–Crippen LogP) is 4.65. The minimum absolute atomic E-state index is 0.0908. The number of alkyl halides is 3. The summed E-state index contributed by atoms with van der Waals surface area (Å²) in [6, 6.07) is 7.14. The highest BCUT2D eigenvalue weighted by molar-refractivity contribution is 7.92. The van der Waals surface area contributed by atoms with E-state index in [-0.39, 0.29) is 35.3 Å². The van der Waals surface area contributed by atoms with Crippen LogP contribution in [0, 0.1) is 11.7 Å². The van der Waals surface area contributed by atoms with Crippen LogP contribution in [-0.4, -0.2) is 35.8 Å². The van der Waals surface area contributed by atoms with Crippen LogP contribution in [-0.2, 0) is 27.5 Å². The number of methoxy groups -OCH3 is 1. The maximum atomic E-state index is 13.5. The second-order valence-electron chi connectivity index (χ2n) is 8.97. The average Bonchev–Trinajstić information content (AvgIpc) is 2.89. The number of ether oxygens (including phenoxy) is 1. The number of rotatable bonds is 8. The molecule has 0 aliphatic heterocycles. The van der Waals surface area contributed by atoms with Crippen LogP contribution in [0.25, 0.3) is 22.0 Å². The molecule has 4 aromatic rings. The molecular weight excluding hydrogens is 556 g/mol. The zero-order valence-electron chi connectivity index (χ0n) is 21.3. The average molecular weight is 579 g/mol. The van der Waals surface area contributed by atoms with E-state index < -0.39 is 44.0 Å². The molecule has 0 aliphatic carbocycles. The maximum absolute atomic E-state index is 13.5. The molecule has 210 valence electrons. The summed E-state index contributed by atoms with van der Waals surface area (Å²) in [4.78, 5) is 31.8. The molecule has 2 aromatic heterocycles. The number of Topliss-reactive ketones (excluding diaryl/α,β-unsaturated/α-hetero) is 1. The highest BCUT2D eigenvalue weighted by Crippen LogP contribution is 2.37. The minimum atomic E-state index is -5.15. The van der Waals surface area contributed by atoms with Crippen LogP contribution in [0.5, 0.6) is 5.88 Å². The third-order valence-corrected chi connectivity index (χ3v) is 7.57.